The third-order valence-corrected chi connectivity index (χ3v) is 1.79. The van der Waals surface area contributed by atoms with Gasteiger partial charge >= 0.3 is 5.97 Å². The molecule has 5 heteroatoms. The van der Waals surface area contributed by atoms with Crippen LogP contribution in [-0.4, -0.2) is 17.6 Å². The van der Waals surface area contributed by atoms with Crippen LogP contribution in [0.4, 0.5) is 5.69 Å². The molecule has 0 radical (unpaired) electrons. The Kier molecular flexibility index (Phi) is 3.71. The number of pyridine rings is 1. The molecule has 1 aromatic rings. The van der Waals surface area contributed by atoms with Crippen molar-refractivity contribution in [2.24, 2.45) is 0 Å². The summed E-state index contributed by atoms with van der Waals surface area (Å²) in [5.74, 6) is -0.339. The van der Waals surface area contributed by atoms with Gasteiger partial charge in [0.2, 0.25) is 0 Å². The summed E-state index contributed by atoms with van der Waals surface area (Å²) in [7, 11) is 0. The van der Waals surface area contributed by atoms with Gasteiger partial charge in [-0.2, -0.15) is 0 Å². The van der Waals surface area contributed by atoms with E-state index < -0.39 is 0 Å². The third kappa shape index (κ3) is 2.88. The van der Waals surface area contributed by atoms with Crippen molar-refractivity contribution >= 4 is 23.3 Å². The Bertz CT molecular complexity index is 342. The Labute approximate surface area is 87.0 Å². The molecule has 0 saturated heterocycles. The molecule has 2 N–H and O–H groups in total. The lowest BCUT2D eigenvalue weighted by Gasteiger charge is -2.04. The Hall–Kier alpha value is -1.29. The number of hydrogen-bond donors (Lipinski definition) is 1. The highest BCUT2D eigenvalue weighted by atomic mass is 35.5. The minimum atomic E-state index is -0.339. The van der Waals surface area contributed by atoms with Gasteiger partial charge in [0.1, 0.15) is 0 Å². The van der Waals surface area contributed by atoms with Crippen LogP contribution in [0.25, 0.3) is 0 Å². The van der Waals surface area contributed by atoms with Gasteiger partial charge in [-0.3, -0.25) is 9.78 Å². The fourth-order valence-corrected chi connectivity index (χ4v) is 1.15. The van der Waals surface area contributed by atoms with Gasteiger partial charge in [-0.1, -0.05) is 11.6 Å². The molecule has 0 aliphatic rings. The van der Waals surface area contributed by atoms with Crippen LogP contribution in [0, 0.1) is 0 Å². The summed E-state index contributed by atoms with van der Waals surface area (Å²) in [6.45, 7) is 2.10. The topological polar surface area (TPSA) is 65.2 Å². The molecular formula is C9H11ClN2O2. The first-order chi connectivity index (χ1) is 6.63. The summed E-state index contributed by atoms with van der Waals surface area (Å²) in [6.07, 6.45) is 1.53. The van der Waals surface area contributed by atoms with Crippen LogP contribution in [-0.2, 0) is 16.0 Å². The third-order valence-electron chi connectivity index (χ3n) is 1.59. The van der Waals surface area contributed by atoms with Gasteiger partial charge in [0.05, 0.1) is 29.4 Å². The SMILES string of the molecule is CCOC(=O)Cc1ncc(Cl)cc1N. The van der Waals surface area contributed by atoms with Crippen molar-refractivity contribution in [3.05, 3.63) is 23.0 Å². The van der Waals surface area contributed by atoms with E-state index >= 15 is 0 Å². The highest BCUT2D eigenvalue weighted by molar-refractivity contribution is 6.30. The molecular weight excluding hydrogens is 204 g/mol. The predicted octanol–water partition coefficient (Wildman–Crippen LogP) is 1.42. The summed E-state index contributed by atoms with van der Waals surface area (Å²) in [5, 5.41) is 0.454. The van der Waals surface area contributed by atoms with Crippen LogP contribution < -0.4 is 5.73 Å². The maximum Gasteiger partial charge on any atom is 0.311 e. The molecule has 4 nitrogen and oxygen atoms in total. The number of anilines is 1. The monoisotopic (exact) mass is 214 g/mol. The quantitative estimate of drug-likeness (QED) is 0.773. The first kappa shape index (κ1) is 10.8. The molecule has 0 aliphatic carbocycles. The maximum absolute atomic E-state index is 11.1. The number of nitrogen functional groups attached to an aromatic ring is 1. The fraction of sp³-hybridized carbons (Fsp3) is 0.333. The average Bonchev–Trinajstić information content (AvgIpc) is 2.10. The van der Waals surface area contributed by atoms with Crippen LogP contribution in [0.2, 0.25) is 5.02 Å². The lowest BCUT2D eigenvalue weighted by Crippen LogP contribution is -2.10. The van der Waals surface area contributed by atoms with Crippen molar-refractivity contribution < 1.29 is 9.53 Å². The van der Waals surface area contributed by atoms with Crippen LogP contribution in [0.1, 0.15) is 12.6 Å². The molecule has 76 valence electrons. The summed E-state index contributed by atoms with van der Waals surface area (Å²) >= 11 is 5.66. The first-order valence-electron chi connectivity index (χ1n) is 4.19. The van der Waals surface area contributed by atoms with Gasteiger partial charge in [0, 0.05) is 6.20 Å². The zero-order valence-electron chi connectivity index (χ0n) is 7.79. The summed E-state index contributed by atoms with van der Waals surface area (Å²) < 4.78 is 4.76. The smallest absolute Gasteiger partial charge is 0.311 e. The highest BCUT2D eigenvalue weighted by Gasteiger charge is 2.08. The molecule has 1 rings (SSSR count). The van der Waals surface area contributed by atoms with E-state index in [4.69, 9.17) is 22.1 Å². The number of carbonyl (C=O) groups excluding carboxylic acids is 1. The average molecular weight is 215 g/mol. The first-order valence-corrected chi connectivity index (χ1v) is 4.56. The van der Waals surface area contributed by atoms with Gasteiger partial charge in [-0.05, 0) is 13.0 Å². The van der Waals surface area contributed by atoms with Crippen molar-refractivity contribution in [3.8, 4) is 0 Å². The van der Waals surface area contributed by atoms with E-state index in [0.29, 0.717) is 23.0 Å². The molecule has 0 unspecified atom stereocenters. The molecule has 0 aromatic carbocycles. The second kappa shape index (κ2) is 4.81. The molecule has 1 aromatic heterocycles. The fourth-order valence-electron chi connectivity index (χ4n) is 0.980. The molecule has 0 spiro atoms. The molecule has 0 atom stereocenters. The molecule has 0 aliphatic heterocycles. The van der Waals surface area contributed by atoms with Crippen LogP contribution in [0.5, 0.6) is 0 Å². The molecule has 14 heavy (non-hydrogen) atoms. The van der Waals surface area contributed by atoms with E-state index in [2.05, 4.69) is 4.98 Å². The van der Waals surface area contributed by atoms with Crippen molar-refractivity contribution in [1.29, 1.82) is 0 Å². The second-order valence-corrected chi connectivity index (χ2v) is 3.11. The summed E-state index contributed by atoms with van der Waals surface area (Å²) in [5.41, 5.74) is 6.51. The van der Waals surface area contributed by atoms with E-state index in [0.717, 1.165) is 0 Å². The number of halogens is 1. The molecule has 0 bridgehead atoms. The van der Waals surface area contributed by atoms with E-state index in [1.807, 2.05) is 0 Å². The summed E-state index contributed by atoms with van der Waals surface area (Å²) in [6, 6.07) is 1.56. The highest BCUT2D eigenvalue weighted by Crippen LogP contribution is 2.15. The molecule has 0 amide bonds. The molecule has 0 saturated carbocycles. The standard InChI is InChI=1S/C9H11ClN2O2/c1-2-14-9(13)4-8-7(11)3-6(10)5-12-8/h3,5H,2,4,11H2,1H3. The van der Waals surface area contributed by atoms with Gasteiger partial charge in [0.25, 0.3) is 0 Å². The van der Waals surface area contributed by atoms with Gasteiger partial charge < -0.3 is 10.5 Å². The normalized spacial score (nSPS) is 9.86. The van der Waals surface area contributed by atoms with E-state index in [1.165, 1.54) is 6.20 Å². The molecule has 1 heterocycles. The lowest BCUT2D eigenvalue weighted by molar-refractivity contribution is -0.142. The van der Waals surface area contributed by atoms with Crippen LogP contribution in [0.3, 0.4) is 0 Å². The van der Waals surface area contributed by atoms with E-state index in [-0.39, 0.29) is 12.4 Å². The zero-order chi connectivity index (χ0) is 10.6. The number of ether oxygens (including phenoxy) is 1. The predicted molar refractivity (Wildman–Crippen MR) is 54.0 cm³/mol. The van der Waals surface area contributed by atoms with Crippen molar-refractivity contribution in [2.45, 2.75) is 13.3 Å². The van der Waals surface area contributed by atoms with Crippen molar-refractivity contribution in [2.75, 3.05) is 12.3 Å². The van der Waals surface area contributed by atoms with Crippen LogP contribution in [0.15, 0.2) is 12.3 Å². The number of esters is 1. The van der Waals surface area contributed by atoms with Gasteiger partial charge in [0.15, 0.2) is 0 Å². The van der Waals surface area contributed by atoms with Crippen molar-refractivity contribution in [1.82, 2.24) is 4.98 Å². The van der Waals surface area contributed by atoms with Gasteiger partial charge in [-0.25, -0.2) is 0 Å². The molecule has 0 fully saturated rings. The van der Waals surface area contributed by atoms with E-state index in [1.54, 1.807) is 13.0 Å². The summed E-state index contributed by atoms with van der Waals surface area (Å²) in [4.78, 5) is 15.0. The minimum Gasteiger partial charge on any atom is -0.466 e. The Balaban J connectivity index is 2.72. The number of aromatic nitrogens is 1. The minimum absolute atomic E-state index is 0.0802. The number of nitrogens with zero attached hydrogens (tertiary/aromatic N) is 1. The second-order valence-electron chi connectivity index (χ2n) is 2.67. The van der Waals surface area contributed by atoms with Crippen molar-refractivity contribution in [3.63, 3.8) is 0 Å². The maximum atomic E-state index is 11.1. The number of rotatable bonds is 3. The van der Waals surface area contributed by atoms with Gasteiger partial charge in [-0.15, -0.1) is 0 Å². The number of hydrogen-bond acceptors (Lipinski definition) is 4. The number of nitrogens with two attached hydrogens (primary N) is 1. The Morgan fingerprint density at radius 1 is 1.71 bits per heavy atom. The Morgan fingerprint density at radius 2 is 2.43 bits per heavy atom. The van der Waals surface area contributed by atoms with Crippen LogP contribution >= 0.6 is 11.6 Å². The zero-order valence-corrected chi connectivity index (χ0v) is 8.54. The number of carbonyl (C=O) groups is 1. The van der Waals surface area contributed by atoms with E-state index in [9.17, 15) is 4.79 Å². The largest absolute Gasteiger partial charge is 0.466 e. The lowest BCUT2D eigenvalue weighted by atomic mass is 10.2. The Morgan fingerprint density at radius 3 is 3.00 bits per heavy atom.